The molecule has 26 heavy (non-hydrogen) atoms. The van der Waals surface area contributed by atoms with Crippen molar-refractivity contribution in [3.63, 3.8) is 0 Å². The zero-order valence-electron chi connectivity index (χ0n) is 15.4. The van der Waals surface area contributed by atoms with Gasteiger partial charge in [-0.3, -0.25) is 9.59 Å². The molecule has 1 aromatic heterocycles. The first-order chi connectivity index (χ1) is 12.5. The molecule has 1 unspecified atom stereocenters. The summed E-state index contributed by atoms with van der Waals surface area (Å²) in [6, 6.07) is 9.93. The van der Waals surface area contributed by atoms with Gasteiger partial charge in [-0.2, -0.15) is 0 Å². The molecule has 138 valence electrons. The Balaban J connectivity index is 1.70. The number of hydrogen-bond donors (Lipinski definition) is 2. The summed E-state index contributed by atoms with van der Waals surface area (Å²) < 4.78 is 0. The lowest BCUT2D eigenvalue weighted by Crippen LogP contribution is -2.33. The number of carbonyl (C=O) groups excluding carboxylic acids is 2. The Morgan fingerprint density at radius 1 is 1.31 bits per heavy atom. The fraction of sp³-hybridized carbons (Fsp3) is 0.450. The molecule has 2 aromatic rings. The fourth-order valence-electron chi connectivity index (χ4n) is 3.29. The first-order valence-electron chi connectivity index (χ1n) is 9.15. The standard InChI is InChI=1S/C20H26N4O2/c1-24(2)18-11-15(16-8-3-4-9-17(16)23-18)13-22-19(25)12-14-7-5-6-10-21-20(14)26/h3-4,8-9,11,14H,5-7,10,12-13H2,1-2H3,(H,21,26)(H,22,25). The van der Waals surface area contributed by atoms with Crippen LogP contribution in [0.2, 0.25) is 0 Å². The number of carbonyl (C=O) groups is 2. The summed E-state index contributed by atoms with van der Waals surface area (Å²) in [4.78, 5) is 31.0. The molecule has 6 heteroatoms. The van der Waals surface area contributed by atoms with Crippen molar-refractivity contribution in [3.8, 4) is 0 Å². The number of nitrogens with one attached hydrogen (secondary N) is 2. The number of benzene rings is 1. The molecule has 0 radical (unpaired) electrons. The van der Waals surface area contributed by atoms with Gasteiger partial charge in [-0.15, -0.1) is 0 Å². The second-order valence-electron chi connectivity index (χ2n) is 7.02. The van der Waals surface area contributed by atoms with Crippen LogP contribution in [0.5, 0.6) is 0 Å². The van der Waals surface area contributed by atoms with E-state index >= 15 is 0 Å². The van der Waals surface area contributed by atoms with Gasteiger partial charge in [0.15, 0.2) is 0 Å². The topological polar surface area (TPSA) is 74.3 Å². The fourth-order valence-corrected chi connectivity index (χ4v) is 3.29. The molecule has 3 rings (SSSR count). The van der Waals surface area contributed by atoms with Crippen molar-refractivity contribution in [1.82, 2.24) is 15.6 Å². The summed E-state index contributed by atoms with van der Waals surface area (Å²) in [5, 5.41) is 6.90. The number of rotatable bonds is 5. The third-order valence-electron chi connectivity index (χ3n) is 4.80. The summed E-state index contributed by atoms with van der Waals surface area (Å²) in [5.41, 5.74) is 1.93. The number of anilines is 1. The maximum Gasteiger partial charge on any atom is 0.223 e. The Bertz CT molecular complexity index is 803. The molecule has 1 atom stereocenters. The van der Waals surface area contributed by atoms with E-state index in [1.165, 1.54) is 0 Å². The van der Waals surface area contributed by atoms with E-state index in [4.69, 9.17) is 0 Å². The summed E-state index contributed by atoms with van der Waals surface area (Å²) >= 11 is 0. The van der Waals surface area contributed by atoms with Crippen LogP contribution in [0.1, 0.15) is 31.2 Å². The normalized spacial score (nSPS) is 17.5. The van der Waals surface area contributed by atoms with Crippen molar-refractivity contribution in [2.24, 2.45) is 5.92 Å². The Kier molecular flexibility index (Phi) is 5.71. The van der Waals surface area contributed by atoms with E-state index in [2.05, 4.69) is 15.6 Å². The van der Waals surface area contributed by atoms with Crippen LogP contribution >= 0.6 is 0 Å². The lowest BCUT2D eigenvalue weighted by atomic mass is 9.98. The number of hydrogen-bond acceptors (Lipinski definition) is 4. The minimum atomic E-state index is -0.218. The van der Waals surface area contributed by atoms with E-state index in [1.807, 2.05) is 49.3 Å². The first kappa shape index (κ1) is 18.2. The number of pyridine rings is 1. The van der Waals surface area contributed by atoms with E-state index in [9.17, 15) is 9.59 Å². The second-order valence-corrected chi connectivity index (χ2v) is 7.02. The van der Waals surface area contributed by atoms with Gasteiger partial charge in [0.1, 0.15) is 5.82 Å². The summed E-state index contributed by atoms with van der Waals surface area (Å²) in [6.07, 6.45) is 3.00. The highest BCUT2D eigenvalue weighted by molar-refractivity contribution is 5.87. The molecule has 0 bridgehead atoms. The predicted molar refractivity (Wildman–Crippen MR) is 103 cm³/mol. The SMILES string of the molecule is CN(C)c1cc(CNC(=O)CC2CCCCNC2=O)c2ccccc2n1. The first-order valence-corrected chi connectivity index (χ1v) is 9.15. The molecule has 1 fully saturated rings. The van der Waals surface area contributed by atoms with Gasteiger partial charge < -0.3 is 15.5 Å². The van der Waals surface area contributed by atoms with E-state index in [-0.39, 0.29) is 24.2 Å². The quantitative estimate of drug-likeness (QED) is 0.863. The van der Waals surface area contributed by atoms with Crippen molar-refractivity contribution >= 4 is 28.5 Å². The Hall–Kier alpha value is -2.63. The average Bonchev–Trinajstić information content (AvgIpc) is 2.84. The minimum absolute atomic E-state index is 0.00176. The molecule has 0 aliphatic carbocycles. The van der Waals surface area contributed by atoms with Crippen molar-refractivity contribution in [2.75, 3.05) is 25.5 Å². The third kappa shape index (κ3) is 4.31. The number of fused-ring (bicyclic) bond motifs is 1. The number of nitrogens with zero attached hydrogens (tertiary/aromatic N) is 2. The molecule has 0 spiro atoms. The zero-order valence-corrected chi connectivity index (χ0v) is 15.4. The number of amides is 2. The summed E-state index contributed by atoms with van der Waals surface area (Å²) in [5.74, 6) is 0.557. The molecule has 2 amide bonds. The van der Waals surface area contributed by atoms with Crippen LogP contribution in [-0.4, -0.2) is 37.4 Å². The molecule has 0 saturated carbocycles. The third-order valence-corrected chi connectivity index (χ3v) is 4.80. The monoisotopic (exact) mass is 354 g/mol. The van der Waals surface area contributed by atoms with E-state index in [0.717, 1.165) is 41.5 Å². The van der Waals surface area contributed by atoms with Crippen LogP contribution in [-0.2, 0) is 16.1 Å². The van der Waals surface area contributed by atoms with E-state index in [1.54, 1.807) is 0 Å². The van der Waals surface area contributed by atoms with Gasteiger partial charge >= 0.3 is 0 Å². The molecule has 6 nitrogen and oxygen atoms in total. The molecule has 1 aliphatic heterocycles. The Labute approximate surface area is 154 Å². The van der Waals surface area contributed by atoms with Crippen LogP contribution in [0, 0.1) is 5.92 Å². The van der Waals surface area contributed by atoms with Gasteiger partial charge in [0, 0.05) is 44.9 Å². The van der Waals surface area contributed by atoms with Gasteiger partial charge in [0.25, 0.3) is 0 Å². The second kappa shape index (κ2) is 8.17. The molecule has 1 aromatic carbocycles. The molecule has 1 aliphatic rings. The van der Waals surface area contributed by atoms with Gasteiger partial charge in [-0.05, 0) is 30.5 Å². The van der Waals surface area contributed by atoms with Crippen molar-refractivity contribution < 1.29 is 9.59 Å². The van der Waals surface area contributed by atoms with Crippen LogP contribution in [0.25, 0.3) is 10.9 Å². The van der Waals surface area contributed by atoms with Crippen molar-refractivity contribution in [2.45, 2.75) is 32.2 Å². The maximum atomic E-state index is 12.4. The highest BCUT2D eigenvalue weighted by Gasteiger charge is 2.23. The van der Waals surface area contributed by atoms with E-state index < -0.39 is 0 Å². The van der Waals surface area contributed by atoms with Crippen LogP contribution in [0.3, 0.4) is 0 Å². The van der Waals surface area contributed by atoms with E-state index in [0.29, 0.717) is 13.1 Å². The Morgan fingerprint density at radius 3 is 2.92 bits per heavy atom. The van der Waals surface area contributed by atoms with Gasteiger partial charge in [-0.1, -0.05) is 24.6 Å². The molecule has 2 heterocycles. The molecule has 2 N–H and O–H groups in total. The highest BCUT2D eigenvalue weighted by Crippen LogP contribution is 2.22. The zero-order chi connectivity index (χ0) is 18.5. The lowest BCUT2D eigenvalue weighted by molar-refractivity contribution is -0.130. The average molecular weight is 354 g/mol. The predicted octanol–water partition coefficient (Wildman–Crippen LogP) is 2.22. The minimum Gasteiger partial charge on any atom is -0.363 e. The molecular weight excluding hydrogens is 328 g/mol. The maximum absolute atomic E-state index is 12.4. The van der Waals surface area contributed by atoms with Gasteiger partial charge in [0.05, 0.1) is 5.52 Å². The van der Waals surface area contributed by atoms with Crippen molar-refractivity contribution in [3.05, 3.63) is 35.9 Å². The number of para-hydroxylation sites is 1. The van der Waals surface area contributed by atoms with Crippen molar-refractivity contribution in [1.29, 1.82) is 0 Å². The van der Waals surface area contributed by atoms with Crippen LogP contribution in [0.15, 0.2) is 30.3 Å². The highest BCUT2D eigenvalue weighted by atomic mass is 16.2. The van der Waals surface area contributed by atoms with Gasteiger partial charge in [-0.25, -0.2) is 4.98 Å². The van der Waals surface area contributed by atoms with Crippen LogP contribution < -0.4 is 15.5 Å². The smallest absolute Gasteiger partial charge is 0.223 e. The summed E-state index contributed by atoms with van der Waals surface area (Å²) in [7, 11) is 3.90. The van der Waals surface area contributed by atoms with Crippen LogP contribution in [0.4, 0.5) is 5.82 Å². The number of aromatic nitrogens is 1. The summed E-state index contributed by atoms with van der Waals surface area (Å²) in [6.45, 7) is 1.14. The lowest BCUT2D eigenvalue weighted by Gasteiger charge is -2.16. The molecular formula is C20H26N4O2. The van der Waals surface area contributed by atoms with Gasteiger partial charge in [0.2, 0.25) is 11.8 Å². The molecule has 1 saturated heterocycles. The Morgan fingerprint density at radius 2 is 2.12 bits per heavy atom. The largest absolute Gasteiger partial charge is 0.363 e.